The maximum absolute atomic E-state index is 12.9. The summed E-state index contributed by atoms with van der Waals surface area (Å²) in [4.78, 5) is 28.5. The number of anilines is 1. The van der Waals surface area contributed by atoms with Crippen LogP contribution in [0.3, 0.4) is 0 Å². The van der Waals surface area contributed by atoms with Gasteiger partial charge in [0.05, 0.1) is 13.1 Å². The van der Waals surface area contributed by atoms with E-state index >= 15 is 0 Å². The van der Waals surface area contributed by atoms with E-state index in [1.54, 1.807) is 12.1 Å². The molecule has 0 unspecified atom stereocenters. The third kappa shape index (κ3) is 6.66. The Balaban J connectivity index is 1.35. The molecule has 0 atom stereocenters. The van der Waals surface area contributed by atoms with Gasteiger partial charge in [0.15, 0.2) is 0 Å². The number of aryl methyl sites for hydroxylation is 1. The number of nitrogens with zero attached hydrogens (tertiary/aromatic N) is 2. The zero-order chi connectivity index (χ0) is 20.6. The van der Waals surface area contributed by atoms with Crippen molar-refractivity contribution in [2.45, 2.75) is 13.5 Å². The standard InChI is InChI=1S/C22H27FN4O2/c1-17-4-2-3-5-18(17)14-24-21(28)15-26-10-12-27(13-11-26)16-22(29)25-20-8-6-19(23)7-9-20/h2-9H,10-16H2,1H3,(H,24,28)(H,25,29). The van der Waals surface area contributed by atoms with Crippen molar-refractivity contribution in [2.75, 3.05) is 44.6 Å². The van der Waals surface area contributed by atoms with Crippen molar-refractivity contribution >= 4 is 17.5 Å². The van der Waals surface area contributed by atoms with E-state index in [1.165, 1.54) is 17.7 Å². The molecule has 0 bridgehead atoms. The molecule has 1 fully saturated rings. The fourth-order valence-corrected chi connectivity index (χ4v) is 3.30. The number of carbonyl (C=O) groups excluding carboxylic acids is 2. The second-order valence-electron chi connectivity index (χ2n) is 7.31. The highest BCUT2D eigenvalue weighted by Gasteiger charge is 2.20. The molecule has 7 heteroatoms. The van der Waals surface area contributed by atoms with Crippen LogP contribution in [0, 0.1) is 12.7 Å². The minimum Gasteiger partial charge on any atom is -0.351 e. The highest BCUT2D eigenvalue weighted by molar-refractivity contribution is 5.92. The summed E-state index contributed by atoms with van der Waals surface area (Å²) < 4.78 is 12.9. The van der Waals surface area contributed by atoms with E-state index in [2.05, 4.69) is 20.4 Å². The Hall–Kier alpha value is -2.77. The summed E-state index contributed by atoms with van der Waals surface area (Å²) in [7, 11) is 0. The summed E-state index contributed by atoms with van der Waals surface area (Å²) in [5.41, 5.74) is 2.87. The van der Waals surface area contributed by atoms with Crippen LogP contribution in [0.1, 0.15) is 11.1 Å². The van der Waals surface area contributed by atoms with Crippen molar-refractivity contribution in [3.05, 3.63) is 65.5 Å². The molecule has 0 saturated carbocycles. The molecule has 3 rings (SSSR count). The van der Waals surface area contributed by atoms with Gasteiger partial charge in [-0.1, -0.05) is 24.3 Å². The zero-order valence-corrected chi connectivity index (χ0v) is 16.7. The zero-order valence-electron chi connectivity index (χ0n) is 16.7. The van der Waals surface area contributed by atoms with Gasteiger partial charge in [-0.05, 0) is 42.3 Å². The second-order valence-corrected chi connectivity index (χ2v) is 7.31. The second kappa shape index (κ2) is 10.1. The lowest BCUT2D eigenvalue weighted by Crippen LogP contribution is -2.50. The Morgan fingerprint density at radius 3 is 2.10 bits per heavy atom. The molecule has 2 aromatic rings. The van der Waals surface area contributed by atoms with Crippen LogP contribution in [0.5, 0.6) is 0 Å². The molecule has 29 heavy (non-hydrogen) atoms. The summed E-state index contributed by atoms with van der Waals surface area (Å²) in [5.74, 6) is -0.446. The van der Waals surface area contributed by atoms with Crippen LogP contribution < -0.4 is 10.6 Å². The first kappa shape index (κ1) is 21.0. The molecular weight excluding hydrogens is 371 g/mol. The average molecular weight is 398 g/mol. The quantitative estimate of drug-likeness (QED) is 0.749. The van der Waals surface area contributed by atoms with Gasteiger partial charge in [0, 0.05) is 38.4 Å². The van der Waals surface area contributed by atoms with Crippen LogP contribution in [0.25, 0.3) is 0 Å². The Morgan fingerprint density at radius 1 is 0.897 bits per heavy atom. The molecule has 6 nitrogen and oxygen atoms in total. The molecule has 1 heterocycles. The van der Waals surface area contributed by atoms with Gasteiger partial charge in [-0.2, -0.15) is 0 Å². The van der Waals surface area contributed by atoms with Crippen LogP contribution in [0.15, 0.2) is 48.5 Å². The van der Waals surface area contributed by atoms with Crippen LogP contribution >= 0.6 is 0 Å². The number of rotatable bonds is 7. The molecule has 0 aromatic heterocycles. The number of halogens is 1. The van der Waals surface area contributed by atoms with Gasteiger partial charge in [-0.3, -0.25) is 19.4 Å². The van der Waals surface area contributed by atoms with Gasteiger partial charge in [0.2, 0.25) is 11.8 Å². The van der Waals surface area contributed by atoms with Crippen molar-refractivity contribution in [3.8, 4) is 0 Å². The smallest absolute Gasteiger partial charge is 0.238 e. The van der Waals surface area contributed by atoms with Gasteiger partial charge < -0.3 is 10.6 Å². The molecule has 154 valence electrons. The minimum absolute atomic E-state index is 0.00996. The number of amides is 2. The van der Waals surface area contributed by atoms with Gasteiger partial charge in [0.1, 0.15) is 5.82 Å². The number of benzene rings is 2. The van der Waals surface area contributed by atoms with E-state index < -0.39 is 0 Å². The summed E-state index contributed by atoms with van der Waals surface area (Å²) in [6, 6.07) is 13.7. The number of nitrogens with one attached hydrogen (secondary N) is 2. The third-order valence-electron chi connectivity index (χ3n) is 5.06. The van der Waals surface area contributed by atoms with Crippen molar-refractivity contribution in [1.82, 2.24) is 15.1 Å². The fraction of sp³-hybridized carbons (Fsp3) is 0.364. The van der Waals surface area contributed by atoms with Gasteiger partial charge in [0.25, 0.3) is 0 Å². The van der Waals surface area contributed by atoms with Crippen molar-refractivity contribution in [3.63, 3.8) is 0 Å². The van der Waals surface area contributed by atoms with E-state index in [9.17, 15) is 14.0 Å². The van der Waals surface area contributed by atoms with Gasteiger partial charge in [-0.25, -0.2) is 4.39 Å². The van der Waals surface area contributed by atoms with Crippen LogP contribution in [0.2, 0.25) is 0 Å². The minimum atomic E-state index is -0.331. The summed E-state index contributed by atoms with van der Waals surface area (Å²) >= 11 is 0. The first-order chi connectivity index (χ1) is 14.0. The van der Waals surface area contributed by atoms with Crippen molar-refractivity contribution < 1.29 is 14.0 Å². The van der Waals surface area contributed by atoms with Gasteiger partial charge in [-0.15, -0.1) is 0 Å². The van der Waals surface area contributed by atoms with E-state index in [0.717, 1.165) is 31.7 Å². The van der Waals surface area contributed by atoms with Crippen molar-refractivity contribution in [1.29, 1.82) is 0 Å². The summed E-state index contributed by atoms with van der Waals surface area (Å²) in [6.45, 7) is 6.14. The maximum atomic E-state index is 12.9. The molecule has 0 aliphatic carbocycles. The molecule has 2 amide bonds. The van der Waals surface area contributed by atoms with E-state index in [4.69, 9.17) is 0 Å². The maximum Gasteiger partial charge on any atom is 0.238 e. The molecule has 0 radical (unpaired) electrons. The highest BCUT2D eigenvalue weighted by Crippen LogP contribution is 2.09. The SMILES string of the molecule is Cc1ccccc1CNC(=O)CN1CCN(CC(=O)Nc2ccc(F)cc2)CC1. The summed E-state index contributed by atoms with van der Waals surface area (Å²) in [6.07, 6.45) is 0. The highest BCUT2D eigenvalue weighted by atomic mass is 19.1. The Bertz CT molecular complexity index is 833. The monoisotopic (exact) mass is 398 g/mol. The average Bonchev–Trinajstić information content (AvgIpc) is 2.70. The summed E-state index contributed by atoms with van der Waals surface area (Å²) in [5, 5.41) is 5.75. The molecular formula is C22H27FN4O2. The Labute approximate surface area is 170 Å². The fourth-order valence-electron chi connectivity index (χ4n) is 3.30. The number of carbonyl (C=O) groups is 2. The molecule has 1 saturated heterocycles. The molecule has 1 aliphatic rings. The first-order valence-electron chi connectivity index (χ1n) is 9.81. The Kier molecular flexibility index (Phi) is 7.32. The van der Waals surface area contributed by atoms with E-state index in [0.29, 0.717) is 18.8 Å². The molecule has 2 aromatic carbocycles. The Morgan fingerprint density at radius 2 is 1.48 bits per heavy atom. The lowest BCUT2D eigenvalue weighted by atomic mass is 10.1. The predicted octanol–water partition coefficient (Wildman–Crippen LogP) is 2.01. The van der Waals surface area contributed by atoms with Crippen LogP contribution in [0.4, 0.5) is 10.1 Å². The first-order valence-corrected chi connectivity index (χ1v) is 9.81. The molecule has 0 spiro atoms. The lowest BCUT2D eigenvalue weighted by molar-refractivity contribution is -0.123. The van der Waals surface area contributed by atoms with Crippen LogP contribution in [-0.2, 0) is 16.1 Å². The van der Waals surface area contributed by atoms with Crippen molar-refractivity contribution in [2.24, 2.45) is 0 Å². The number of piperazine rings is 1. The number of hydrogen-bond donors (Lipinski definition) is 2. The van der Waals surface area contributed by atoms with Crippen LogP contribution in [-0.4, -0.2) is 60.9 Å². The van der Waals surface area contributed by atoms with E-state index in [-0.39, 0.29) is 24.2 Å². The number of hydrogen-bond acceptors (Lipinski definition) is 4. The largest absolute Gasteiger partial charge is 0.351 e. The van der Waals surface area contributed by atoms with Gasteiger partial charge >= 0.3 is 0 Å². The normalized spacial score (nSPS) is 15.1. The lowest BCUT2D eigenvalue weighted by Gasteiger charge is -2.33. The topological polar surface area (TPSA) is 64.7 Å². The third-order valence-corrected chi connectivity index (χ3v) is 5.06. The predicted molar refractivity (Wildman–Crippen MR) is 111 cm³/mol. The van der Waals surface area contributed by atoms with E-state index in [1.807, 2.05) is 31.2 Å². The molecule has 2 N–H and O–H groups in total. The molecule has 1 aliphatic heterocycles.